The molecule has 0 fully saturated rings. The number of carbonyl (C=O) groups is 2. The summed E-state index contributed by atoms with van der Waals surface area (Å²) in [5, 5.41) is 10.8. The molecule has 0 bridgehead atoms. The van der Waals surface area contributed by atoms with Gasteiger partial charge < -0.3 is 14.6 Å². The van der Waals surface area contributed by atoms with Gasteiger partial charge in [0, 0.05) is 12.5 Å². The van der Waals surface area contributed by atoms with Gasteiger partial charge in [-0.05, 0) is 5.56 Å². The number of benzene rings is 1. The largest absolute Gasteiger partial charge is 0.481 e. The number of nitrogens with zero attached hydrogens (tertiary/aromatic N) is 2. The highest BCUT2D eigenvalue weighted by molar-refractivity contribution is 7.14. The van der Waals surface area contributed by atoms with Gasteiger partial charge >= 0.3 is 12.1 Å². The van der Waals surface area contributed by atoms with Crippen LogP contribution >= 0.6 is 11.3 Å². The number of methoxy groups -OCH3 is 1. The summed E-state index contributed by atoms with van der Waals surface area (Å²) >= 11 is 1.20. The van der Waals surface area contributed by atoms with E-state index in [1.807, 2.05) is 30.3 Å². The van der Waals surface area contributed by atoms with Gasteiger partial charge in [-0.15, -0.1) is 11.3 Å². The number of aliphatic carboxylic acids is 1. The second-order valence-corrected chi connectivity index (χ2v) is 5.71. The van der Waals surface area contributed by atoms with Crippen molar-refractivity contribution in [2.24, 2.45) is 0 Å². The van der Waals surface area contributed by atoms with Crippen molar-refractivity contribution in [2.45, 2.75) is 13.0 Å². The average molecular weight is 350 g/mol. The number of rotatable bonds is 8. The second kappa shape index (κ2) is 8.99. The highest BCUT2D eigenvalue weighted by atomic mass is 32.1. The fraction of sp³-hybridized carbons (Fsp3) is 0.312. The molecule has 0 aliphatic heterocycles. The van der Waals surface area contributed by atoms with Gasteiger partial charge in [-0.1, -0.05) is 30.3 Å². The number of amides is 1. The van der Waals surface area contributed by atoms with Crippen LogP contribution in [0.3, 0.4) is 0 Å². The van der Waals surface area contributed by atoms with Crippen molar-refractivity contribution in [3.63, 3.8) is 0 Å². The lowest BCUT2D eigenvalue weighted by Gasteiger charge is -2.19. The Bertz CT molecular complexity index is 674. The fourth-order valence-corrected chi connectivity index (χ4v) is 2.74. The molecule has 24 heavy (non-hydrogen) atoms. The first-order valence-corrected chi connectivity index (χ1v) is 8.11. The molecular formula is C16H18N2O5S. The van der Waals surface area contributed by atoms with Gasteiger partial charge in [-0.25, -0.2) is 9.78 Å². The lowest BCUT2D eigenvalue weighted by Crippen LogP contribution is -2.34. The van der Waals surface area contributed by atoms with Gasteiger partial charge in [-0.2, -0.15) is 0 Å². The van der Waals surface area contributed by atoms with Gasteiger partial charge in [0.15, 0.2) is 5.13 Å². The minimum Gasteiger partial charge on any atom is -0.481 e. The Labute approximate surface area is 143 Å². The molecule has 2 rings (SSSR count). The number of carboxylic acid groups (broad SMARTS) is 1. The maximum atomic E-state index is 12.4. The number of aromatic nitrogens is 1. The number of ether oxygens (including phenoxy) is 2. The normalized spacial score (nSPS) is 10.4. The zero-order valence-corrected chi connectivity index (χ0v) is 14.0. The van der Waals surface area contributed by atoms with E-state index >= 15 is 0 Å². The summed E-state index contributed by atoms with van der Waals surface area (Å²) < 4.78 is 10.3. The lowest BCUT2D eigenvalue weighted by molar-refractivity contribution is -0.136. The van der Waals surface area contributed by atoms with E-state index in [0.717, 1.165) is 5.56 Å². The van der Waals surface area contributed by atoms with E-state index in [1.165, 1.54) is 23.3 Å². The zero-order valence-electron chi connectivity index (χ0n) is 13.2. The van der Waals surface area contributed by atoms with Gasteiger partial charge in [0.25, 0.3) is 0 Å². The highest BCUT2D eigenvalue weighted by Gasteiger charge is 2.21. The lowest BCUT2D eigenvalue weighted by atomic mass is 10.2. The van der Waals surface area contributed by atoms with E-state index in [2.05, 4.69) is 4.98 Å². The third-order valence-electron chi connectivity index (χ3n) is 3.05. The summed E-state index contributed by atoms with van der Waals surface area (Å²) in [6, 6.07) is 9.34. The number of carboxylic acids is 1. The summed E-state index contributed by atoms with van der Waals surface area (Å²) in [6.07, 6.45) is -0.736. The summed E-state index contributed by atoms with van der Waals surface area (Å²) in [5.41, 5.74) is 1.28. The maximum Gasteiger partial charge on any atom is 0.416 e. The molecule has 0 aliphatic rings. The molecule has 0 spiro atoms. The van der Waals surface area contributed by atoms with E-state index in [9.17, 15) is 9.59 Å². The predicted octanol–water partition coefficient (Wildman–Crippen LogP) is 2.56. The van der Waals surface area contributed by atoms with E-state index in [4.69, 9.17) is 14.6 Å². The number of carbonyl (C=O) groups excluding carboxylic acids is 1. The van der Waals surface area contributed by atoms with Crippen molar-refractivity contribution >= 4 is 28.5 Å². The molecule has 0 unspecified atom stereocenters. The molecule has 0 saturated heterocycles. The maximum absolute atomic E-state index is 12.4. The van der Waals surface area contributed by atoms with Crippen molar-refractivity contribution in [1.82, 2.24) is 4.98 Å². The van der Waals surface area contributed by atoms with Crippen LogP contribution in [0.4, 0.5) is 9.93 Å². The molecule has 1 amide bonds. The molecule has 0 atom stereocenters. The Balaban J connectivity index is 2.04. The molecular weight excluding hydrogens is 332 g/mol. The summed E-state index contributed by atoms with van der Waals surface area (Å²) in [6.45, 7) is 0.731. The quantitative estimate of drug-likeness (QED) is 0.787. The van der Waals surface area contributed by atoms with Crippen molar-refractivity contribution in [3.8, 4) is 0 Å². The monoisotopic (exact) mass is 350 g/mol. The van der Waals surface area contributed by atoms with E-state index in [0.29, 0.717) is 17.4 Å². The van der Waals surface area contributed by atoms with E-state index in [1.54, 1.807) is 5.38 Å². The van der Waals surface area contributed by atoms with Gasteiger partial charge in [0.05, 0.1) is 25.3 Å². The van der Waals surface area contributed by atoms with Crippen LogP contribution in [-0.4, -0.2) is 42.4 Å². The molecule has 1 heterocycles. The molecule has 128 valence electrons. The zero-order chi connectivity index (χ0) is 17.4. The first-order valence-electron chi connectivity index (χ1n) is 7.23. The van der Waals surface area contributed by atoms with E-state index in [-0.39, 0.29) is 19.6 Å². The van der Waals surface area contributed by atoms with Crippen LogP contribution in [0.1, 0.15) is 11.3 Å². The van der Waals surface area contributed by atoms with Gasteiger partial charge in [0.1, 0.15) is 6.61 Å². The Morgan fingerprint density at radius 1 is 1.29 bits per heavy atom. The van der Waals surface area contributed by atoms with Gasteiger partial charge in [-0.3, -0.25) is 9.69 Å². The SMILES string of the molecule is COCCN(C(=O)OCc1ccccc1)c1nc(CC(=O)O)cs1. The van der Waals surface area contributed by atoms with Crippen LogP contribution in [0.5, 0.6) is 0 Å². The van der Waals surface area contributed by atoms with Crippen molar-refractivity contribution in [2.75, 3.05) is 25.2 Å². The topological polar surface area (TPSA) is 89.0 Å². The smallest absolute Gasteiger partial charge is 0.416 e. The molecule has 8 heteroatoms. The van der Waals surface area contributed by atoms with Crippen LogP contribution in [0, 0.1) is 0 Å². The average Bonchev–Trinajstić information content (AvgIpc) is 3.01. The first-order chi connectivity index (χ1) is 11.6. The molecule has 7 nitrogen and oxygen atoms in total. The standard InChI is InChI=1S/C16H18N2O5S/c1-22-8-7-18(15-17-13(11-24-15)9-14(19)20)16(21)23-10-12-5-3-2-4-6-12/h2-6,11H,7-10H2,1H3,(H,19,20). The summed E-state index contributed by atoms with van der Waals surface area (Å²) in [4.78, 5) is 28.6. The Morgan fingerprint density at radius 3 is 2.71 bits per heavy atom. The van der Waals surface area contributed by atoms with Crippen molar-refractivity contribution in [1.29, 1.82) is 0 Å². The van der Waals surface area contributed by atoms with E-state index < -0.39 is 12.1 Å². The molecule has 1 aromatic heterocycles. The van der Waals surface area contributed by atoms with Crippen LogP contribution in [0.25, 0.3) is 0 Å². The van der Waals surface area contributed by atoms with Gasteiger partial charge in [0.2, 0.25) is 0 Å². The number of hydrogen-bond donors (Lipinski definition) is 1. The minimum absolute atomic E-state index is 0.149. The van der Waals surface area contributed by atoms with Crippen LogP contribution in [0.2, 0.25) is 0 Å². The Kier molecular flexibility index (Phi) is 6.71. The third-order valence-corrected chi connectivity index (χ3v) is 3.96. The molecule has 0 aliphatic carbocycles. The summed E-state index contributed by atoms with van der Waals surface area (Å²) in [5.74, 6) is -0.970. The Morgan fingerprint density at radius 2 is 2.04 bits per heavy atom. The third kappa shape index (κ3) is 5.32. The molecule has 1 aromatic carbocycles. The molecule has 0 saturated carbocycles. The fourth-order valence-electron chi connectivity index (χ4n) is 1.90. The van der Waals surface area contributed by atoms with Crippen LogP contribution in [0.15, 0.2) is 35.7 Å². The second-order valence-electron chi connectivity index (χ2n) is 4.88. The van der Waals surface area contributed by atoms with Crippen molar-refractivity contribution < 1.29 is 24.2 Å². The van der Waals surface area contributed by atoms with Crippen LogP contribution in [-0.2, 0) is 27.3 Å². The number of thiazole rings is 1. The predicted molar refractivity (Wildman–Crippen MR) is 89.3 cm³/mol. The van der Waals surface area contributed by atoms with Crippen molar-refractivity contribution in [3.05, 3.63) is 47.0 Å². The number of hydrogen-bond acceptors (Lipinski definition) is 6. The first kappa shape index (κ1) is 17.9. The van der Waals surface area contributed by atoms with Crippen LogP contribution < -0.4 is 4.90 Å². The Hall–Kier alpha value is -2.45. The molecule has 2 aromatic rings. The number of anilines is 1. The molecule has 0 radical (unpaired) electrons. The summed E-state index contributed by atoms with van der Waals surface area (Å²) in [7, 11) is 1.53. The highest BCUT2D eigenvalue weighted by Crippen LogP contribution is 2.22. The molecule has 1 N–H and O–H groups in total. The minimum atomic E-state index is -0.970.